The minimum atomic E-state index is -3.75. The summed E-state index contributed by atoms with van der Waals surface area (Å²) in [7, 11) is -7.50. The van der Waals surface area contributed by atoms with Crippen molar-refractivity contribution in [3.63, 3.8) is 0 Å². The van der Waals surface area contributed by atoms with Gasteiger partial charge in [0.25, 0.3) is 11.8 Å². The van der Waals surface area contributed by atoms with Crippen LogP contribution in [0.15, 0.2) is 58.3 Å². The van der Waals surface area contributed by atoms with Crippen molar-refractivity contribution >= 4 is 31.9 Å². The summed E-state index contributed by atoms with van der Waals surface area (Å²) in [4.78, 5) is 26.8. The molecule has 2 aromatic carbocycles. The van der Waals surface area contributed by atoms with Crippen LogP contribution in [-0.4, -0.2) is 102 Å². The zero-order valence-electron chi connectivity index (χ0n) is 26.7. The van der Waals surface area contributed by atoms with Crippen LogP contribution in [0.5, 0.6) is 0 Å². The zero-order valence-corrected chi connectivity index (χ0v) is 28.3. The Morgan fingerprint density at radius 1 is 0.761 bits per heavy atom. The van der Waals surface area contributed by atoms with Crippen LogP contribution in [0.3, 0.4) is 0 Å². The quantitative estimate of drug-likeness (QED) is 0.411. The molecule has 2 atom stereocenters. The number of morpholine rings is 2. The second kappa shape index (κ2) is 13.7. The summed E-state index contributed by atoms with van der Waals surface area (Å²) >= 11 is 0. The lowest BCUT2D eigenvalue weighted by Crippen LogP contribution is -2.50. The third-order valence-electron chi connectivity index (χ3n) is 8.86. The summed E-state index contributed by atoms with van der Waals surface area (Å²) in [5.74, 6) is -0.728. The molecule has 0 radical (unpaired) electrons. The van der Waals surface area contributed by atoms with E-state index in [1.165, 1.54) is 32.9 Å². The van der Waals surface area contributed by atoms with Crippen LogP contribution < -0.4 is 10.6 Å². The van der Waals surface area contributed by atoms with Crippen LogP contribution in [0.2, 0.25) is 0 Å². The fourth-order valence-electron chi connectivity index (χ4n) is 7.00. The van der Waals surface area contributed by atoms with Crippen LogP contribution in [0, 0.1) is 10.8 Å². The topological polar surface area (TPSA) is 151 Å². The summed E-state index contributed by atoms with van der Waals surface area (Å²) in [6.07, 6.45) is 2.11. The molecular weight excluding hydrogens is 633 g/mol. The van der Waals surface area contributed by atoms with Gasteiger partial charge in [0.1, 0.15) is 0 Å². The van der Waals surface area contributed by atoms with Gasteiger partial charge in [-0.25, -0.2) is 16.8 Å². The Bertz CT molecular complexity index is 1650. The molecule has 46 heavy (non-hydrogen) atoms. The monoisotopic (exact) mass is 676 g/mol. The summed E-state index contributed by atoms with van der Waals surface area (Å²) in [5, 5.41) is 6.12. The van der Waals surface area contributed by atoms with E-state index in [0.29, 0.717) is 39.4 Å². The normalized spacial score (nSPS) is 24.6. The predicted molar refractivity (Wildman–Crippen MR) is 171 cm³/mol. The van der Waals surface area contributed by atoms with E-state index in [1.807, 2.05) is 0 Å². The van der Waals surface area contributed by atoms with E-state index < -0.39 is 20.0 Å². The molecule has 0 unspecified atom stereocenters. The third kappa shape index (κ3) is 7.97. The maximum absolute atomic E-state index is 13.4. The minimum absolute atomic E-state index is 0.0663. The fourth-order valence-corrected chi connectivity index (χ4v) is 9.91. The lowest BCUT2D eigenvalue weighted by Gasteiger charge is -2.47. The van der Waals surface area contributed by atoms with Crippen molar-refractivity contribution in [2.24, 2.45) is 10.8 Å². The van der Waals surface area contributed by atoms with Crippen molar-refractivity contribution in [1.29, 1.82) is 0 Å². The Kier molecular flexibility index (Phi) is 10.3. The summed E-state index contributed by atoms with van der Waals surface area (Å²) in [6, 6.07) is 12.0. The van der Waals surface area contributed by atoms with Crippen molar-refractivity contribution in [2.45, 2.75) is 55.9 Å². The highest BCUT2D eigenvalue weighted by atomic mass is 32.2. The molecule has 12 nitrogen and oxygen atoms in total. The van der Waals surface area contributed by atoms with Gasteiger partial charge in [0.2, 0.25) is 20.0 Å². The van der Waals surface area contributed by atoms with Crippen molar-refractivity contribution < 1.29 is 35.9 Å². The molecule has 252 valence electrons. The number of nitrogens with one attached hydrogen (secondary N) is 2. The lowest BCUT2D eigenvalue weighted by molar-refractivity contribution is 0.0592. The molecule has 2 saturated heterocycles. The molecule has 2 aromatic rings. The number of amides is 2. The van der Waals surface area contributed by atoms with Crippen molar-refractivity contribution in [3.05, 3.63) is 59.7 Å². The Hall–Kier alpha value is -2.88. The number of sulfonamides is 2. The third-order valence-corrected chi connectivity index (χ3v) is 12.7. The molecule has 3 fully saturated rings. The maximum Gasteiger partial charge on any atom is 0.251 e. The largest absolute Gasteiger partial charge is 0.379 e. The highest BCUT2D eigenvalue weighted by molar-refractivity contribution is 7.89. The number of hydrogen-bond acceptors (Lipinski definition) is 8. The van der Waals surface area contributed by atoms with Crippen molar-refractivity contribution in [1.82, 2.24) is 19.2 Å². The standard InChI is InChI=1S/C32H44N4O8S2/c1-31(2)20-26(34-30(38)25-7-5-9-28(19-25)46(41,42)36-12-16-44-17-13-36)21-32(3,22-31)23-33-29(37)24-6-4-8-27(18-24)45(39,40)35-10-14-43-15-11-35/h4-9,18-19,26H,10-17,20-23H2,1-3H3,(H,33,37)(H,34,38)/t26-,32+/m1/s1. The summed E-state index contributed by atoms with van der Waals surface area (Å²) in [5.41, 5.74) is 0.00181. The molecule has 0 spiro atoms. The second-order valence-electron chi connectivity index (χ2n) is 13.5. The van der Waals surface area contributed by atoms with Gasteiger partial charge in [0.15, 0.2) is 0 Å². The molecule has 1 aliphatic carbocycles. The number of ether oxygens (including phenoxy) is 2. The average Bonchev–Trinajstić information content (AvgIpc) is 3.03. The molecule has 0 aromatic heterocycles. The first kappa shape index (κ1) is 34.5. The van der Waals surface area contributed by atoms with Gasteiger partial charge in [0, 0.05) is 49.9 Å². The first-order chi connectivity index (χ1) is 21.7. The van der Waals surface area contributed by atoms with Crippen LogP contribution in [0.1, 0.15) is 60.7 Å². The summed E-state index contributed by atoms with van der Waals surface area (Å²) < 4.78 is 65.9. The van der Waals surface area contributed by atoms with Crippen molar-refractivity contribution in [2.75, 3.05) is 59.2 Å². The average molecular weight is 677 g/mol. The number of hydrogen-bond donors (Lipinski definition) is 2. The highest BCUT2D eigenvalue weighted by Crippen LogP contribution is 2.46. The second-order valence-corrected chi connectivity index (χ2v) is 17.4. The van der Waals surface area contributed by atoms with Gasteiger partial charge in [0.05, 0.1) is 36.2 Å². The van der Waals surface area contributed by atoms with E-state index in [9.17, 15) is 26.4 Å². The van der Waals surface area contributed by atoms with Gasteiger partial charge in [-0.2, -0.15) is 8.61 Å². The minimum Gasteiger partial charge on any atom is -0.379 e. The molecule has 2 amide bonds. The van der Waals surface area contributed by atoms with E-state index in [2.05, 4.69) is 31.4 Å². The van der Waals surface area contributed by atoms with E-state index in [4.69, 9.17) is 9.47 Å². The molecule has 0 bridgehead atoms. The van der Waals surface area contributed by atoms with Crippen molar-refractivity contribution in [3.8, 4) is 0 Å². The number of rotatable bonds is 9. The first-order valence-electron chi connectivity index (χ1n) is 15.6. The van der Waals surface area contributed by atoms with Gasteiger partial charge in [-0.05, 0) is 66.5 Å². The first-order valence-corrected chi connectivity index (χ1v) is 18.5. The Labute approximate surface area is 271 Å². The number of nitrogens with zero attached hydrogens (tertiary/aromatic N) is 2. The molecular formula is C32H44N4O8S2. The van der Waals surface area contributed by atoms with Crippen LogP contribution in [0.4, 0.5) is 0 Å². The van der Waals surface area contributed by atoms with Gasteiger partial charge in [-0.15, -0.1) is 0 Å². The molecule has 1 saturated carbocycles. The molecule has 2 heterocycles. The number of benzene rings is 2. The molecule has 2 N–H and O–H groups in total. The Morgan fingerprint density at radius 2 is 1.24 bits per heavy atom. The summed E-state index contributed by atoms with van der Waals surface area (Å²) in [6.45, 7) is 9.05. The van der Waals surface area contributed by atoms with Gasteiger partial charge in [-0.3, -0.25) is 9.59 Å². The lowest BCUT2D eigenvalue weighted by atomic mass is 9.62. The maximum atomic E-state index is 13.4. The Morgan fingerprint density at radius 3 is 1.74 bits per heavy atom. The Balaban J connectivity index is 1.24. The van der Waals surface area contributed by atoms with Crippen LogP contribution >= 0.6 is 0 Å². The van der Waals surface area contributed by atoms with Gasteiger partial charge < -0.3 is 20.1 Å². The fraction of sp³-hybridized carbons (Fsp3) is 0.562. The van der Waals surface area contributed by atoms with E-state index in [-0.39, 0.29) is 75.8 Å². The van der Waals surface area contributed by atoms with E-state index >= 15 is 0 Å². The highest BCUT2D eigenvalue weighted by Gasteiger charge is 2.42. The molecule has 3 aliphatic rings. The smallest absolute Gasteiger partial charge is 0.251 e. The zero-order chi connectivity index (χ0) is 33.2. The van der Waals surface area contributed by atoms with E-state index in [0.717, 1.165) is 12.8 Å². The molecule has 2 aliphatic heterocycles. The number of carbonyl (C=O) groups is 2. The molecule has 5 rings (SSSR count). The van der Waals surface area contributed by atoms with Gasteiger partial charge >= 0.3 is 0 Å². The van der Waals surface area contributed by atoms with E-state index in [1.54, 1.807) is 24.3 Å². The van der Waals surface area contributed by atoms with Gasteiger partial charge in [-0.1, -0.05) is 32.9 Å². The van der Waals surface area contributed by atoms with Crippen LogP contribution in [0.25, 0.3) is 0 Å². The molecule has 14 heteroatoms. The number of carbonyl (C=O) groups excluding carboxylic acids is 2. The van der Waals surface area contributed by atoms with Crippen LogP contribution in [-0.2, 0) is 29.5 Å². The predicted octanol–water partition coefficient (Wildman–Crippen LogP) is 2.47. The SMILES string of the molecule is CC1(C)C[C@@H](NC(=O)c2cccc(S(=O)(=O)N3CCOCC3)c2)C[C@](C)(CNC(=O)c2cccc(S(=O)(=O)N3CCOCC3)c2)C1.